The second-order valence-corrected chi connectivity index (χ2v) is 2.94. The summed E-state index contributed by atoms with van der Waals surface area (Å²) in [5.74, 6) is -3.22. The first-order valence-electron chi connectivity index (χ1n) is 4.40. The maximum absolute atomic E-state index is 12.6. The van der Waals surface area contributed by atoms with Gasteiger partial charge in [-0.1, -0.05) is 30.3 Å². The summed E-state index contributed by atoms with van der Waals surface area (Å²) in [5, 5.41) is 9.47. The average Bonchev–Trinajstić information content (AvgIpc) is 2.18. The van der Waals surface area contributed by atoms with Gasteiger partial charge in [0.1, 0.15) is 0 Å². The van der Waals surface area contributed by atoms with Crippen molar-refractivity contribution in [2.24, 2.45) is 0 Å². The van der Waals surface area contributed by atoms with Crippen LogP contribution in [-0.4, -0.2) is 17.9 Å². The van der Waals surface area contributed by atoms with Crippen molar-refractivity contribution >= 4 is 0 Å². The number of ether oxygens (including phenoxy) is 1. The Labute approximate surface area is 85.3 Å². The Kier molecular flexibility index (Phi) is 3.36. The smallest absolute Gasteiger partial charge is 0.355 e. The summed E-state index contributed by atoms with van der Waals surface area (Å²) < 4.78 is 42.2. The third-order valence-corrected chi connectivity index (χ3v) is 1.90. The van der Waals surface area contributed by atoms with Gasteiger partial charge in [0.15, 0.2) is 0 Å². The molecule has 1 aromatic rings. The summed E-state index contributed by atoms with van der Waals surface area (Å²) in [7, 11) is 0. The molecule has 0 spiro atoms. The molecule has 0 fully saturated rings. The van der Waals surface area contributed by atoms with E-state index in [4.69, 9.17) is 0 Å². The van der Waals surface area contributed by atoms with Crippen molar-refractivity contribution in [3.8, 4) is 0 Å². The lowest BCUT2D eigenvalue weighted by molar-refractivity contribution is -0.374. The van der Waals surface area contributed by atoms with Crippen molar-refractivity contribution in [2.45, 2.75) is 18.9 Å². The van der Waals surface area contributed by atoms with Crippen LogP contribution >= 0.6 is 0 Å². The van der Waals surface area contributed by atoms with E-state index in [0.717, 1.165) is 0 Å². The van der Waals surface area contributed by atoms with Gasteiger partial charge in [-0.25, -0.2) is 0 Å². The maximum atomic E-state index is 12.6. The minimum atomic E-state index is -4.86. The molecule has 5 heteroatoms. The molecular formula is C10H11F3O2. The van der Waals surface area contributed by atoms with Gasteiger partial charge in [-0.05, 0) is 6.92 Å². The molecule has 1 N–H and O–H groups in total. The molecule has 0 bridgehead atoms. The molecule has 0 heterocycles. The van der Waals surface area contributed by atoms with Gasteiger partial charge in [0.2, 0.25) is 0 Å². The largest absolute Gasteiger partial charge is 0.448 e. The third kappa shape index (κ3) is 2.30. The van der Waals surface area contributed by atoms with Crippen molar-refractivity contribution in [3.05, 3.63) is 35.9 Å². The summed E-state index contributed by atoms with van der Waals surface area (Å²) in [6, 6.07) is 6.72. The number of aliphatic hydroxyl groups is 1. The van der Waals surface area contributed by atoms with Gasteiger partial charge in [0, 0.05) is 12.2 Å². The van der Waals surface area contributed by atoms with Gasteiger partial charge in [0.25, 0.3) is 5.79 Å². The predicted octanol–water partition coefficient (Wildman–Crippen LogP) is 2.43. The lowest BCUT2D eigenvalue weighted by Gasteiger charge is -2.30. The monoisotopic (exact) mass is 220 g/mol. The summed E-state index contributed by atoms with van der Waals surface area (Å²) in [4.78, 5) is 0. The Balaban J connectivity index is 3.13. The molecule has 1 aromatic carbocycles. The summed E-state index contributed by atoms with van der Waals surface area (Å²) >= 11 is 0. The quantitative estimate of drug-likeness (QED) is 0.793. The molecule has 84 valence electrons. The molecule has 0 unspecified atom stereocenters. The number of benzene rings is 1. The highest BCUT2D eigenvalue weighted by Crippen LogP contribution is 2.39. The normalized spacial score (nSPS) is 16.1. The van der Waals surface area contributed by atoms with Crippen molar-refractivity contribution in [1.29, 1.82) is 0 Å². The van der Waals surface area contributed by atoms with E-state index in [1.54, 1.807) is 6.07 Å². The fourth-order valence-electron chi connectivity index (χ4n) is 1.20. The van der Waals surface area contributed by atoms with Crippen LogP contribution in [-0.2, 0) is 10.5 Å². The zero-order valence-corrected chi connectivity index (χ0v) is 8.08. The Morgan fingerprint density at radius 1 is 1.20 bits per heavy atom. The van der Waals surface area contributed by atoms with E-state index in [2.05, 4.69) is 4.74 Å². The molecule has 0 aliphatic heterocycles. The van der Waals surface area contributed by atoms with Gasteiger partial charge < -0.3 is 9.84 Å². The summed E-state index contributed by atoms with van der Waals surface area (Å²) in [5.41, 5.74) is -0.320. The van der Waals surface area contributed by atoms with Gasteiger partial charge >= 0.3 is 6.18 Å². The SMILES string of the molecule is CCO[C@@](O)(c1ccccc1)C(F)(F)F. The summed E-state index contributed by atoms with van der Waals surface area (Å²) in [6.45, 7) is 1.16. The average molecular weight is 220 g/mol. The highest BCUT2D eigenvalue weighted by atomic mass is 19.4. The van der Waals surface area contributed by atoms with Crippen LogP contribution in [0.25, 0.3) is 0 Å². The van der Waals surface area contributed by atoms with Crippen LogP contribution in [0.1, 0.15) is 12.5 Å². The first-order valence-corrected chi connectivity index (χ1v) is 4.40. The van der Waals surface area contributed by atoms with Gasteiger partial charge in [-0.3, -0.25) is 0 Å². The molecule has 1 rings (SSSR count). The first-order chi connectivity index (χ1) is 6.92. The number of rotatable bonds is 3. The Morgan fingerprint density at radius 2 is 1.73 bits per heavy atom. The molecule has 0 radical (unpaired) electrons. The molecule has 1 atom stereocenters. The zero-order chi connectivity index (χ0) is 11.5. The Morgan fingerprint density at radius 3 is 2.13 bits per heavy atom. The van der Waals surface area contributed by atoms with Crippen LogP contribution in [0.2, 0.25) is 0 Å². The van der Waals surface area contributed by atoms with Crippen LogP contribution in [0.3, 0.4) is 0 Å². The van der Waals surface area contributed by atoms with Crippen LogP contribution in [0.4, 0.5) is 13.2 Å². The fourth-order valence-corrected chi connectivity index (χ4v) is 1.20. The summed E-state index contributed by atoms with van der Waals surface area (Å²) in [6.07, 6.45) is -4.86. The van der Waals surface area contributed by atoms with Crippen molar-refractivity contribution < 1.29 is 23.0 Å². The van der Waals surface area contributed by atoms with Crippen molar-refractivity contribution in [2.75, 3.05) is 6.61 Å². The molecule has 0 saturated carbocycles. The lowest BCUT2D eigenvalue weighted by Crippen LogP contribution is -2.44. The van der Waals surface area contributed by atoms with E-state index >= 15 is 0 Å². The highest BCUT2D eigenvalue weighted by Gasteiger charge is 2.56. The topological polar surface area (TPSA) is 29.5 Å². The standard InChI is InChI=1S/C10H11F3O2/c1-2-15-9(14,10(11,12)13)8-6-4-3-5-7-8/h3-7,14H,2H2,1H3/t9-/m0/s1. The van der Waals surface area contributed by atoms with Crippen LogP contribution < -0.4 is 0 Å². The van der Waals surface area contributed by atoms with Crippen LogP contribution in [0.15, 0.2) is 30.3 Å². The number of halogens is 3. The molecule has 0 saturated heterocycles. The van der Waals surface area contributed by atoms with Crippen LogP contribution in [0.5, 0.6) is 0 Å². The number of hydrogen-bond acceptors (Lipinski definition) is 2. The van der Waals surface area contributed by atoms with E-state index in [-0.39, 0.29) is 12.2 Å². The van der Waals surface area contributed by atoms with Crippen molar-refractivity contribution in [1.82, 2.24) is 0 Å². The number of alkyl halides is 3. The van der Waals surface area contributed by atoms with E-state index in [9.17, 15) is 18.3 Å². The predicted molar refractivity (Wildman–Crippen MR) is 48.0 cm³/mol. The molecular weight excluding hydrogens is 209 g/mol. The lowest BCUT2D eigenvalue weighted by atomic mass is 10.1. The number of hydrogen-bond donors (Lipinski definition) is 1. The molecule has 0 aliphatic carbocycles. The maximum Gasteiger partial charge on any atom is 0.448 e. The Bertz CT molecular complexity index is 310. The minimum absolute atomic E-state index is 0.231. The second-order valence-electron chi connectivity index (χ2n) is 2.94. The highest BCUT2D eigenvalue weighted by molar-refractivity contribution is 5.21. The van der Waals surface area contributed by atoms with Crippen LogP contribution in [0, 0.1) is 0 Å². The minimum Gasteiger partial charge on any atom is -0.355 e. The van der Waals surface area contributed by atoms with Gasteiger partial charge in [-0.2, -0.15) is 13.2 Å². The second kappa shape index (κ2) is 4.20. The van der Waals surface area contributed by atoms with Crippen molar-refractivity contribution in [3.63, 3.8) is 0 Å². The van der Waals surface area contributed by atoms with E-state index in [1.165, 1.54) is 31.2 Å². The molecule has 2 nitrogen and oxygen atoms in total. The van der Waals surface area contributed by atoms with Gasteiger partial charge in [-0.15, -0.1) is 0 Å². The van der Waals surface area contributed by atoms with E-state index in [1.807, 2.05) is 0 Å². The Hall–Kier alpha value is -1.07. The fraction of sp³-hybridized carbons (Fsp3) is 0.400. The van der Waals surface area contributed by atoms with E-state index < -0.39 is 12.0 Å². The molecule has 0 aromatic heterocycles. The molecule has 0 amide bonds. The zero-order valence-electron chi connectivity index (χ0n) is 8.08. The van der Waals surface area contributed by atoms with E-state index in [0.29, 0.717) is 0 Å². The third-order valence-electron chi connectivity index (χ3n) is 1.90. The first kappa shape index (κ1) is 12.0. The van der Waals surface area contributed by atoms with Gasteiger partial charge in [0.05, 0.1) is 0 Å². The molecule has 15 heavy (non-hydrogen) atoms. The molecule has 0 aliphatic rings.